The molecule has 0 unspecified atom stereocenters. The molecule has 0 radical (unpaired) electrons. The Kier molecular flexibility index (Phi) is 5.89. The van der Waals surface area contributed by atoms with Gasteiger partial charge < -0.3 is 10.1 Å². The predicted octanol–water partition coefficient (Wildman–Crippen LogP) is 1.96. The molecule has 5 heteroatoms. The highest BCUT2D eigenvalue weighted by Crippen LogP contribution is 2.08. The number of carbonyl (C=O) groups is 2. The minimum absolute atomic E-state index is 0.0110. The molecule has 0 fully saturated rings. The molecular formula is C18H16N2O3. The lowest BCUT2D eigenvalue weighted by Gasteiger charge is -2.07. The topological polar surface area (TPSA) is 79.2 Å². The van der Waals surface area contributed by atoms with Gasteiger partial charge in [-0.3, -0.25) is 9.59 Å². The molecule has 5 nitrogen and oxygen atoms in total. The smallest absolute Gasteiger partial charge is 0.325 e. The summed E-state index contributed by atoms with van der Waals surface area (Å²) in [4.78, 5) is 23.4. The van der Waals surface area contributed by atoms with E-state index in [-0.39, 0.29) is 25.5 Å². The summed E-state index contributed by atoms with van der Waals surface area (Å²) >= 11 is 0. The maximum Gasteiger partial charge on any atom is 0.325 e. The Labute approximate surface area is 134 Å². The summed E-state index contributed by atoms with van der Waals surface area (Å²) in [6, 6.07) is 18.2. The number of ether oxygens (including phenoxy) is 1. The van der Waals surface area contributed by atoms with Crippen molar-refractivity contribution in [2.24, 2.45) is 0 Å². The van der Waals surface area contributed by atoms with Crippen LogP contribution in [0.4, 0.5) is 0 Å². The Balaban J connectivity index is 1.75. The van der Waals surface area contributed by atoms with Gasteiger partial charge in [-0.25, -0.2) is 0 Å². The normalized spacial score (nSPS) is 9.70. The Morgan fingerprint density at radius 3 is 2.48 bits per heavy atom. The van der Waals surface area contributed by atoms with E-state index in [9.17, 15) is 9.59 Å². The zero-order valence-corrected chi connectivity index (χ0v) is 12.5. The number of nitrogens with one attached hydrogen (secondary N) is 1. The van der Waals surface area contributed by atoms with Crippen LogP contribution in [0.15, 0.2) is 54.6 Å². The van der Waals surface area contributed by atoms with Crippen molar-refractivity contribution in [1.82, 2.24) is 5.32 Å². The number of benzene rings is 2. The van der Waals surface area contributed by atoms with E-state index in [1.807, 2.05) is 36.4 Å². The molecule has 2 aromatic rings. The number of nitriles is 1. The van der Waals surface area contributed by atoms with Gasteiger partial charge in [0.2, 0.25) is 5.91 Å². The summed E-state index contributed by atoms with van der Waals surface area (Å²) in [5, 5.41) is 11.5. The van der Waals surface area contributed by atoms with Crippen molar-refractivity contribution in [3.8, 4) is 6.07 Å². The van der Waals surface area contributed by atoms with Crippen LogP contribution >= 0.6 is 0 Å². The van der Waals surface area contributed by atoms with Gasteiger partial charge in [0, 0.05) is 5.56 Å². The zero-order valence-electron chi connectivity index (χ0n) is 12.5. The van der Waals surface area contributed by atoms with E-state index in [4.69, 9.17) is 10.00 Å². The fourth-order valence-electron chi connectivity index (χ4n) is 1.98. The third-order valence-electron chi connectivity index (χ3n) is 3.16. The molecule has 0 aliphatic carbocycles. The fraction of sp³-hybridized carbons (Fsp3) is 0.167. The lowest BCUT2D eigenvalue weighted by Crippen LogP contribution is -2.31. The van der Waals surface area contributed by atoms with Crippen LogP contribution in [0, 0.1) is 11.3 Å². The van der Waals surface area contributed by atoms with E-state index >= 15 is 0 Å². The van der Waals surface area contributed by atoms with Gasteiger partial charge in [-0.15, -0.1) is 0 Å². The van der Waals surface area contributed by atoms with Crippen molar-refractivity contribution in [2.45, 2.75) is 13.0 Å². The van der Waals surface area contributed by atoms with Crippen LogP contribution in [0.25, 0.3) is 0 Å². The second-order valence-corrected chi connectivity index (χ2v) is 4.87. The number of rotatable bonds is 6. The van der Waals surface area contributed by atoms with E-state index in [0.29, 0.717) is 11.1 Å². The van der Waals surface area contributed by atoms with E-state index in [2.05, 4.69) is 5.32 Å². The number of esters is 1. The summed E-state index contributed by atoms with van der Waals surface area (Å²) in [6.07, 6.45) is 0.214. The van der Waals surface area contributed by atoms with E-state index in [0.717, 1.165) is 5.56 Å². The van der Waals surface area contributed by atoms with Crippen LogP contribution in [0.1, 0.15) is 16.7 Å². The second kappa shape index (κ2) is 8.35. The SMILES string of the molecule is N#Cc1ccccc1COC(=O)CNC(=O)Cc1ccccc1. The predicted molar refractivity (Wildman–Crippen MR) is 84.1 cm³/mol. The van der Waals surface area contributed by atoms with Gasteiger partial charge in [-0.05, 0) is 11.6 Å². The highest BCUT2D eigenvalue weighted by molar-refractivity contribution is 5.83. The second-order valence-electron chi connectivity index (χ2n) is 4.87. The average molecular weight is 308 g/mol. The van der Waals surface area contributed by atoms with Gasteiger partial charge in [-0.1, -0.05) is 48.5 Å². The molecular weight excluding hydrogens is 292 g/mol. The monoisotopic (exact) mass is 308 g/mol. The number of nitrogens with zero attached hydrogens (tertiary/aromatic N) is 1. The number of carbonyl (C=O) groups excluding carboxylic acids is 2. The minimum atomic E-state index is -0.542. The molecule has 23 heavy (non-hydrogen) atoms. The Hall–Kier alpha value is -3.13. The van der Waals surface area contributed by atoms with Crippen molar-refractivity contribution in [3.05, 3.63) is 71.3 Å². The first kappa shape index (κ1) is 16.2. The highest BCUT2D eigenvalue weighted by atomic mass is 16.5. The molecule has 1 amide bonds. The van der Waals surface area contributed by atoms with E-state index in [1.165, 1.54) is 0 Å². The van der Waals surface area contributed by atoms with Crippen LogP contribution in [0.2, 0.25) is 0 Å². The summed E-state index contributed by atoms with van der Waals surface area (Å²) in [5.74, 6) is -0.787. The Morgan fingerprint density at radius 2 is 1.74 bits per heavy atom. The molecule has 0 bridgehead atoms. The molecule has 1 N–H and O–H groups in total. The van der Waals surface area contributed by atoms with Crippen LogP contribution in [0.5, 0.6) is 0 Å². The third-order valence-corrected chi connectivity index (χ3v) is 3.16. The average Bonchev–Trinajstić information content (AvgIpc) is 2.59. The lowest BCUT2D eigenvalue weighted by atomic mass is 10.1. The van der Waals surface area contributed by atoms with Gasteiger partial charge in [0.05, 0.1) is 18.1 Å². The quantitative estimate of drug-likeness (QED) is 0.827. The van der Waals surface area contributed by atoms with E-state index in [1.54, 1.807) is 24.3 Å². The van der Waals surface area contributed by atoms with Crippen molar-refractivity contribution >= 4 is 11.9 Å². The van der Waals surface area contributed by atoms with Crippen LogP contribution in [-0.4, -0.2) is 18.4 Å². The first-order valence-electron chi connectivity index (χ1n) is 7.13. The van der Waals surface area contributed by atoms with Crippen molar-refractivity contribution < 1.29 is 14.3 Å². The molecule has 0 spiro atoms. The standard InChI is InChI=1S/C18H16N2O3/c19-11-15-8-4-5-9-16(15)13-23-18(22)12-20-17(21)10-14-6-2-1-3-7-14/h1-9H,10,12-13H2,(H,20,21). The van der Waals surface area contributed by atoms with Crippen molar-refractivity contribution in [2.75, 3.05) is 6.54 Å². The fourth-order valence-corrected chi connectivity index (χ4v) is 1.98. The van der Waals surface area contributed by atoms with Crippen molar-refractivity contribution in [3.63, 3.8) is 0 Å². The van der Waals surface area contributed by atoms with Crippen LogP contribution in [0.3, 0.4) is 0 Å². The van der Waals surface area contributed by atoms with Crippen molar-refractivity contribution in [1.29, 1.82) is 5.26 Å². The van der Waals surface area contributed by atoms with Gasteiger partial charge in [0.25, 0.3) is 0 Å². The largest absolute Gasteiger partial charge is 0.459 e. The first-order chi connectivity index (χ1) is 11.2. The van der Waals surface area contributed by atoms with Gasteiger partial charge in [-0.2, -0.15) is 5.26 Å². The summed E-state index contributed by atoms with van der Waals surface area (Å²) < 4.78 is 5.07. The number of hydrogen-bond acceptors (Lipinski definition) is 4. The first-order valence-corrected chi connectivity index (χ1v) is 7.13. The molecule has 0 aliphatic heterocycles. The Bertz CT molecular complexity index is 721. The molecule has 2 rings (SSSR count). The number of hydrogen-bond donors (Lipinski definition) is 1. The van der Waals surface area contributed by atoms with E-state index < -0.39 is 5.97 Å². The minimum Gasteiger partial charge on any atom is -0.459 e. The molecule has 116 valence electrons. The zero-order chi connectivity index (χ0) is 16.5. The van der Waals surface area contributed by atoms with Crippen LogP contribution < -0.4 is 5.32 Å². The molecule has 2 aromatic carbocycles. The molecule has 0 heterocycles. The summed E-state index contributed by atoms with van der Waals surface area (Å²) in [7, 11) is 0. The molecule has 0 saturated heterocycles. The molecule has 0 aromatic heterocycles. The highest BCUT2D eigenvalue weighted by Gasteiger charge is 2.09. The summed E-state index contributed by atoms with van der Waals surface area (Å²) in [5.41, 5.74) is 1.98. The maximum atomic E-state index is 11.7. The van der Waals surface area contributed by atoms with Crippen LogP contribution in [-0.2, 0) is 27.4 Å². The summed E-state index contributed by atoms with van der Waals surface area (Å²) in [6.45, 7) is -0.183. The number of amides is 1. The third kappa shape index (κ3) is 5.29. The lowest BCUT2D eigenvalue weighted by molar-refractivity contribution is -0.145. The van der Waals surface area contributed by atoms with Gasteiger partial charge >= 0.3 is 5.97 Å². The van der Waals surface area contributed by atoms with Gasteiger partial charge in [0.15, 0.2) is 0 Å². The Morgan fingerprint density at radius 1 is 1.04 bits per heavy atom. The molecule has 0 atom stereocenters. The molecule has 0 saturated carbocycles. The molecule has 0 aliphatic rings. The van der Waals surface area contributed by atoms with Gasteiger partial charge in [0.1, 0.15) is 13.2 Å². The maximum absolute atomic E-state index is 11.7.